The molecule has 8 heteroatoms. The van der Waals surface area contributed by atoms with Crippen LogP contribution < -0.4 is 0 Å². The lowest BCUT2D eigenvalue weighted by atomic mass is 9.96. The van der Waals surface area contributed by atoms with E-state index in [9.17, 15) is 8.42 Å². The minimum atomic E-state index is -3.47. The first kappa shape index (κ1) is 14.2. The van der Waals surface area contributed by atoms with Crippen LogP contribution in [-0.4, -0.2) is 46.0 Å². The molecule has 1 unspecified atom stereocenters. The first-order chi connectivity index (χ1) is 10.1. The number of sulfonamides is 1. The second-order valence-electron chi connectivity index (χ2n) is 5.16. The summed E-state index contributed by atoms with van der Waals surface area (Å²) in [5.41, 5.74) is 0.912. The fourth-order valence-electron chi connectivity index (χ4n) is 2.63. The Kier molecular flexibility index (Phi) is 3.73. The lowest BCUT2D eigenvalue weighted by molar-refractivity contribution is 0.312. The summed E-state index contributed by atoms with van der Waals surface area (Å²) in [5.74, 6) is 0.824. The summed E-state index contributed by atoms with van der Waals surface area (Å²) in [6.07, 6.45) is 6.24. The summed E-state index contributed by atoms with van der Waals surface area (Å²) >= 11 is 0. The van der Waals surface area contributed by atoms with E-state index in [0.717, 1.165) is 18.5 Å². The molecule has 1 fully saturated rings. The standard InChI is InChI=1S/C13H17N5O2S/c1-10-14-5-4-13(17-10)11-3-2-6-18(9-11)21(19,20)12-7-15-16-8-12/h4-5,7-8,11H,2-3,6,9H2,1H3,(H,15,16). The molecule has 3 heterocycles. The predicted octanol–water partition coefficient (Wildman–Crippen LogP) is 1.08. The number of rotatable bonds is 3. The molecule has 2 aromatic heterocycles. The molecule has 1 atom stereocenters. The Balaban J connectivity index is 1.83. The minimum absolute atomic E-state index is 0.113. The Morgan fingerprint density at radius 2 is 2.29 bits per heavy atom. The highest BCUT2D eigenvalue weighted by molar-refractivity contribution is 7.89. The van der Waals surface area contributed by atoms with E-state index >= 15 is 0 Å². The maximum atomic E-state index is 12.5. The van der Waals surface area contributed by atoms with Crippen molar-refractivity contribution in [2.75, 3.05) is 13.1 Å². The fraction of sp³-hybridized carbons (Fsp3) is 0.462. The van der Waals surface area contributed by atoms with Crippen LogP contribution in [0.2, 0.25) is 0 Å². The molecule has 0 aromatic carbocycles. The van der Waals surface area contributed by atoms with E-state index in [1.807, 2.05) is 13.0 Å². The molecule has 0 radical (unpaired) electrons. The van der Waals surface area contributed by atoms with E-state index in [0.29, 0.717) is 18.9 Å². The van der Waals surface area contributed by atoms with E-state index < -0.39 is 10.0 Å². The van der Waals surface area contributed by atoms with Crippen LogP contribution in [0.5, 0.6) is 0 Å². The molecule has 0 aliphatic carbocycles. The van der Waals surface area contributed by atoms with Crippen LogP contribution in [0.25, 0.3) is 0 Å². The molecule has 112 valence electrons. The van der Waals surface area contributed by atoms with Crippen LogP contribution >= 0.6 is 0 Å². The second kappa shape index (κ2) is 5.53. The van der Waals surface area contributed by atoms with Crippen molar-refractivity contribution in [1.82, 2.24) is 24.5 Å². The number of H-pyrrole nitrogens is 1. The van der Waals surface area contributed by atoms with Gasteiger partial charge in [-0.15, -0.1) is 0 Å². The molecule has 0 bridgehead atoms. The molecule has 21 heavy (non-hydrogen) atoms. The highest BCUT2D eigenvalue weighted by Gasteiger charge is 2.31. The average molecular weight is 307 g/mol. The van der Waals surface area contributed by atoms with E-state index in [2.05, 4.69) is 20.2 Å². The van der Waals surface area contributed by atoms with Gasteiger partial charge >= 0.3 is 0 Å². The van der Waals surface area contributed by atoms with Crippen LogP contribution in [0.15, 0.2) is 29.6 Å². The first-order valence-corrected chi connectivity index (χ1v) is 8.30. The molecule has 0 saturated carbocycles. The van der Waals surface area contributed by atoms with Gasteiger partial charge in [0.05, 0.1) is 6.20 Å². The average Bonchev–Trinajstić information content (AvgIpc) is 3.02. The van der Waals surface area contributed by atoms with E-state index in [-0.39, 0.29) is 10.8 Å². The molecule has 1 saturated heterocycles. The summed E-state index contributed by atoms with van der Waals surface area (Å²) in [6, 6.07) is 1.87. The van der Waals surface area contributed by atoms with Gasteiger partial charge < -0.3 is 0 Å². The quantitative estimate of drug-likeness (QED) is 0.916. The van der Waals surface area contributed by atoms with E-state index in [1.54, 1.807) is 6.20 Å². The molecular weight excluding hydrogens is 290 g/mol. The Bertz CT molecular complexity index is 714. The maximum Gasteiger partial charge on any atom is 0.246 e. The van der Waals surface area contributed by atoms with Gasteiger partial charge in [0.2, 0.25) is 10.0 Å². The number of aromatic amines is 1. The van der Waals surface area contributed by atoms with Gasteiger partial charge in [-0.05, 0) is 25.8 Å². The van der Waals surface area contributed by atoms with Gasteiger partial charge in [-0.3, -0.25) is 5.10 Å². The zero-order valence-corrected chi connectivity index (χ0v) is 12.5. The van der Waals surface area contributed by atoms with Crippen LogP contribution in [-0.2, 0) is 10.0 Å². The second-order valence-corrected chi connectivity index (χ2v) is 7.10. The van der Waals surface area contributed by atoms with Crippen molar-refractivity contribution >= 4 is 10.0 Å². The smallest absolute Gasteiger partial charge is 0.246 e. The highest BCUT2D eigenvalue weighted by atomic mass is 32.2. The summed E-state index contributed by atoms with van der Waals surface area (Å²) in [7, 11) is -3.47. The van der Waals surface area contributed by atoms with Crippen molar-refractivity contribution < 1.29 is 8.42 Å². The molecule has 3 rings (SSSR count). The largest absolute Gasteiger partial charge is 0.284 e. The Morgan fingerprint density at radius 1 is 1.43 bits per heavy atom. The fourth-order valence-corrected chi connectivity index (χ4v) is 4.06. The summed E-state index contributed by atoms with van der Waals surface area (Å²) in [6.45, 7) is 2.82. The summed E-state index contributed by atoms with van der Waals surface area (Å²) in [4.78, 5) is 8.72. The molecule has 0 spiro atoms. The van der Waals surface area contributed by atoms with Crippen molar-refractivity contribution in [2.45, 2.75) is 30.6 Å². The minimum Gasteiger partial charge on any atom is -0.284 e. The van der Waals surface area contributed by atoms with E-state index in [1.165, 1.54) is 16.7 Å². The number of nitrogens with one attached hydrogen (secondary N) is 1. The molecule has 1 aliphatic heterocycles. The van der Waals surface area contributed by atoms with Crippen molar-refractivity contribution in [3.8, 4) is 0 Å². The van der Waals surface area contributed by atoms with Crippen molar-refractivity contribution in [2.24, 2.45) is 0 Å². The third-order valence-electron chi connectivity index (χ3n) is 3.71. The monoisotopic (exact) mass is 307 g/mol. The number of aryl methyl sites for hydroxylation is 1. The molecular formula is C13H17N5O2S. The van der Waals surface area contributed by atoms with Crippen molar-refractivity contribution in [3.63, 3.8) is 0 Å². The van der Waals surface area contributed by atoms with Crippen molar-refractivity contribution in [3.05, 3.63) is 36.2 Å². The van der Waals surface area contributed by atoms with Gasteiger partial charge in [0, 0.05) is 37.1 Å². The Hall–Kier alpha value is -1.80. The third-order valence-corrected chi connectivity index (χ3v) is 5.54. The SMILES string of the molecule is Cc1nccc(C2CCCN(S(=O)(=O)c3cn[nH]c3)C2)n1. The lowest BCUT2D eigenvalue weighted by Crippen LogP contribution is -2.39. The Morgan fingerprint density at radius 3 is 3.00 bits per heavy atom. The summed E-state index contributed by atoms with van der Waals surface area (Å²) in [5, 5.41) is 6.27. The number of piperidine rings is 1. The molecule has 7 nitrogen and oxygen atoms in total. The normalized spacial score (nSPS) is 20.5. The number of nitrogens with zero attached hydrogens (tertiary/aromatic N) is 4. The predicted molar refractivity (Wildman–Crippen MR) is 76.1 cm³/mol. The summed E-state index contributed by atoms with van der Waals surface area (Å²) < 4.78 is 26.6. The topological polar surface area (TPSA) is 91.8 Å². The first-order valence-electron chi connectivity index (χ1n) is 6.86. The van der Waals surface area contributed by atoms with Crippen molar-refractivity contribution in [1.29, 1.82) is 0 Å². The van der Waals surface area contributed by atoms with Gasteiger partial charge in [-0.2, -0.15) is 9.40 Å². The van der Waals surface area contributed by atoms with Gasteiger partial charge in [-0.25, -0.2) is 18.4 Å². The van der Waals surface area contributed by atoms with Gasteiger partial charge in [-0.1, -0.05) is 0 Å². The lowest BCUT2D eigenvalue weighted by Gasteiger charge is -2.31. The van der Waals surface area contributed by atoms with Gasteiger partial charge in [0.1, 0.15) is 10.7 Å². The number of hydrogen-bond acceptors (Lipinski definition) is 5. The van der Waals surface area contributed by atoms with Gasteiger partial charge in [0.15, 0.2) is 0 Å². The molecule has 1 N–H and O–H groups in total. The van der Waals surface area contributed by atoms with E-state index in [4.69, 9.17) is 0 Å². The third kappa shape index (κ3) is 2.81. The maximum absolute atomic E-state index is 12.5. The Labute approximate surface area is 123 Å². The van der Waals surface area contributed by atoms with Crippen LogP contribution in [0, 0.1) is 6.92 Å². The van der Waals surface area contributed by atoms with Crippen LogP contribution in [0.4, 0.5) is 0 Å². The van der Waals surface area contributed by atoms with Crippen LogP contribution in [0.3, 0.4) is 0 Å². The molecule has 2 aromatic rings. The van der Waals surface area contributed by atoms with Gasteiger partial charge in [0.25, 0.3) is 0 Å². The zero-order valence-electron chi connectivity index (χ0n) is 11.7. The number of hydrogen-bond donors (Lipinski definition) is 1. The molecule has 1 aliphatic rings. The highest BCUT2D eigenvalue weighted by Crippen LogP contribution is 2.28. The van der Waals surface area contributed by atoms with Crippen LogP contribution in [0.1, 0.15) is 30.3 Å². The zero-order chi connectivity index (χ0) is 14.9. The number of aromatic nitrogens is 4. The molecule has 0 amide bonds.